The second-order valence-electron chi connectivity index (χ2n) is 10.9. The molecule has 6 aromatic carbocycles. The third kappa shape index (κ3) is 4.18. The molecule has 6 aromatic rings. The fourth-order valence-corrected chi connectivity index (χ4v) is 6.89. The predicted octanol–water partition coefficient (Wildman–Crippen LogP) is 6.25. The summed E-state index contributed by atoms with van der Waals surface area (Å²) in [5.41, 5.74) is 3.94. The number of benzene rings is 6. The highest BCUT2D eigenvalue weighted by atomic mass is 79.9. The Morgan fingerprint density at radius 2 is 0.952 bits per heavy atom. The van der Waals surface area contributed by atoms with Gasteiger partial charge in [0.05, 0.1) is 5.69 Å². The van der Waals surface area contributed by atoms with E-state index in [9.17, 15) is 9.59 Å². The molecule has 0 aromatic heterocycles. The number of fused-ring (bicyclic) bond motifs is 2. The molecule has 1 aliphatic heterocycles. The quantitative estimate of drug-likeness (QED) is 0.128. The van der Waals surface area contributed by atoms with Gasteiger partial charge in [-0.15, -0.1) is 0 Å². The molecule has 1 heterocycles. The second-order valence-corrected chi connectivity index (χ2v) is 11.8. The first-order valence-electron chi connectivity index (χ1n) is 13.1. The molecule has 0 radical (unpaired) electrons. The maximum atomic E-state index is 14.3. The van der Waals surface area contributed by atoms with Gasteiger partial charge in [-0.1, -0.05) is 98.2 Å². The van der Waals surface area contributed by atoms with E-state index in [2.05, 4.69) is 86.1 Å². The first-order chi connectivity index (χ1) is 18.3. The summed E-state index contributed by atoms with van der Waals surface area (Å²) in [5, 5.41) is 8.50. The number of anilines is 1. The number of imide groups is 1. The van der Waals surface area contributed by atoms with E-state index in [1.54, 1.807) is 0 Å². The summed E-state index contributed by atoms with van der Waals surface area (Å²) >= 11 is 3.72. The van der Waals surface area contributed by atoms with Crippen LogP contribution in [0.15, 0.2) is 77.3 Å². The zero-order valence-electron chi connectivity index (χ0n) is 23.7. The maximum Gasteiger partial charge on any atom is 0.266 e. The van der Waals surface area contributed by atoms with Crippen LogP contribution in [-0.2, 0) is 0 Å². The van der Waals surface area contributed by atoms with Crippen molar-refractivity contribution in [2.45, 2.75) is 39.5 Å². The van der Waals surface area contributed by atoms with Gasteiger partial charge in [-0.3, -0.25) is 9.59 Å². The summed E-state index contributed by atoms with van der Waals surface area (Å²) in [5.74, 6) is -0.170. The van der Waals surface area contributed by atoms with E-state index in [0.717, 1.165) is 59.0 Å². The Morgan fingerprint density at radius 3 is 1.48 bits per heavy atom. The highest BCUT2D eigenvalue weighted by Crippen LogP contribution is 2.46. The monoisotopic (exact) mass is 631 g/mol. The van der Waals surface area contributed by atoms with Crippen molar-refractivity contribution in [1.82, 2.24) is 0 Å². The number of carbonyl (C=O) groups is 2. The van der Waals surface area contributed by atoms with Crippen molar-refractivity contribution in [2.75, 3.05) is 4.90 Å². The Kier molecular flexibility index (Phi) is 8.84. The average Bonchev–Trinajstić information content (AvgIpc) is 2.91. The SMILES string of the molecule is CC(C)c1cccc(C(C)C)c1N1C(=O)c2ccc3c4cccc5c(Br)ccc(c6ccc(c2c36)C1=O)c54.O.O.O.O. The standard InChI is InChI=1S/C34H26BrNO2.4H2O/c1-17(2)19-7-5-8-20(18(3)4)32(19)36-33(37)26-13-11-23-21-9-6-10-25-28(35)16-15-22(29(21)25)24-12-14-27(34(36)38)31(26)30(23)24;;;;/h5-18H,1-4H3;4*1H2. The summed E-state index contributed by atoms with van der Waals surface area (Å²) in [6.07, 6.45) is 0. The van der Waals surface area contributed by atoms with Crippen LogP contribution in [0.3, 0.4) is 0 Å². The van der Waals surface area contributed by atoms with E-state index >= 15 is 0 Å². The topological polar surface area (TPSA) is 163 Å². The number of carbonyl (C=O) groups excluding carboxylic acids is 2. The molecule has 218 valence electrons. The van der Waals surface area contributed by atoms with E-state index in [4.69, 9.17) is 0 Å². The van der Waals surface area contributed by atoms with Gasteiger partial charge >= 0.3 is 0 Å². The zero-order valence-corrected chi connectivity index (χ0v) is 25.3. The molecule has 0 fully saturated rings. The normalized spacial score (nSPS) is 12.6. The van der Waals surface area contributed by atoms with Crippen LogP contribution in [0.25, 0.3) is 43.1 Å². The predicted molar refractivity (Wildman–Crippen MR) is 176 cm³/mol. The molecule has 0 saturated heterocycles. The lowest BCUT2D eigenvalue weighted by atomic mass is 9.84. The fourth-order valence-electron chi connectivity index (χ4n) is 6.43. The Balaban J connectivity index is 0.00000121. The summed E-state index contributed by atoms with van der Waals surface area (Å²) < 4.78 is 1.05. The van der Waals surface area contributed by atoms with Crippen LogP contribution in [0, 0.1) is 0 Å². The van der Waals surface area contributed by atoms with E-state index in [-0.39, 0.29) is 45.6 Å². The van der Waals surface area contributed by atoms with Crippen molar-refractivity contribution in [3.63, 3.8) is 0 Å². The van der Waals surface area contributed by atoms with Gasteiger partial charge in [0, 0.05) is 21.0 Å². The van der Waals surface area contributed by atoms with E-state index < -0.39 is 0 Å². The molecular weight excluding hydrogens is 598 g/mol. The molecule has 7 nitrogen and oxygen atoms in total. The van der Waals surface area contributed by atoms with Gasteiger partial charge in [0.2, 0.25) is 0 Å². The molecule has 42 heavy (non-hydrogen) atoms. The highest BCUT2D eigenvalue weighted by Gasteiger charge is 2.37. The molecule has 1 aliphatic rings. The number of amides is 2. The van der Waals surface area contributed by atoms with Crippen molar-refractivity contribution in [3.8, 4) is 0 Å². The molecular formula is C34H34BrNO6. The lowest BCUT2D eigenvalue weighted by Gasteiger charge is -2.32. The molecule has 0 unspecified atom stereocenters. The summed E-state index contributed by atoms with van der Waals surface area (Å²) in [6.45, 7) is 8.43. The number of hydrogen-bond donors (Lipinski definition) is 0. The molecule has 0 saturated carbocycles. The van der Waals surface area contributed by atoms with Gasteiger partial charge < -0.3 is 21.9 Å². The minimum absolute atomic E-state index is 0. The lowest BCUT2D eigenvalue weighted by Crippen LogP contribution is -2.41. The third-order valence-electron chi connectivity index (χ3n) is 8.16. The van der Waals surface area contributed by atoms with Gasteiger partial charge in [0.15, 0.2) is 0 Å². The van der Waals surface area contributed by atoms with Gasteiger partial charge in [-0.2, -0.15) is 0 Å². The average molecular weight is 633 g/mol. The van der Waals surface area contributed by atoms with E-state index in [0.29, 0.717) is 11.1 Å². The number of rotatable bonds is 3. The molecule has 8 N–H and O–H groups in total. The summed E-state index contributed by atoms with van der Waals surface area (Å²) in [7, 11) is 0. The molecule has 7 rings (SSSR count). The van der Waals surface area contributed by atoms with Crippen molar-refractivity contribution in [2.24, 2.45) is 0 Å². The largest absolute Gasteiger partial charge is 0.412 e. The highest BCUT2D eigenvalue weighted by molar-refractivity contribution is 9.10. The van der Waals surface area contributed by atoms with Crippen molar-refractivity contribution in [3.05, 3.63) is 99.5 Å². The van der Waals surface area contributed by atoms with E-state index in [1.807, 2.05) is 30.3 Å². The maximum absolute atomic E-state index is 14.3. The molecule has 0 aliphatic carbocycles. The van der Waals surface area contributed by atoms with Gasteiger partial charge in [0.1, 0.15) is 0 Å². The Morgan fingerprint density at radius 1 is 0.524 bits per heavy atom. The first-order valence-corrected chi connectivity index (χ1v) is 13.9. The smallest absolute Gasteiger partial charge is 0.266 e. The Hall–Kier alpha value is -3.92. The van der Waals surface area contributed by atoms with Crippen molar-refractivity contribution >= 4 is 76.5 Å². The number of hydrogen-bond acceptors (Lipinski definition) is 2. The molecule has 0 atom stereocenters. The third-order valence-corrected chi connectivity index (χ3v) is 8.85. The van der Waals surface area contributed by atoms with E-state index in [1.165, 1.54) is 10.3 Å². The number of halogens is 1. The van der Waals surface area contributed by atoms with Crippen LogP contribution in [-0.4, -0.2) is 33.7 Å². The van der Waals surface area contributed by atoms with Crippen LogP contribution in [0.2, 0.25) is 0 Å². The molecule has 0 bridgehead atoms. The van der Waals surface area contributed by atoms with Crippen LogP contribution in [0.4, 0.5) is 5.69 Å². The molecule has 8 heteroatoms. The van der Waals surface area contributed by atoms with Crippen molar-refractivity contribution in [1.29, 1.82) is 0 Å². The Labute approximate surface area is 251 Å². The zero-order chi connectivity index (χ0) is 26.5. The minimum atomic E-state index is -0.249. The van der Waals surface area contributed by atoms with Crippen LogP contribution in [0.1, 0.15) is 71.4 Å². The van der Waals surface area contributed by atoms with Crippen LogP contribution >= 0.6 is 15.9 Å². The van der Waals surface area contributed by atoms with Crippen molar-refractivity contribution < 1.29 is 31.5 Å². The van der Waals surface area contributed by atoms with Gasteiger partial charge in [-0.25, -0.2) is 4.90 Å². The summed E-state index contributed by atoms with van der Waals surface area (Å²) in [6, 6.07) is 24.6. The Bertz CT molecular complexity index is 1900. The number of para-hydroxylation sites is 1. The second kappa shape index (κ2) is 11.4. The first kappa shape index (κ1) is 32.6. The summed E-state index contributed by atoms with van der Waals surface area (Å²) in [4.78, 5) is 30.0. The minimum Gasteiger partial charge on any atom is -0.412 e. The van der Waals surface area contributed by atoms with Gasteiger partial charge in [0.25, 0.3) is 11.8 Å². The van der Waals surface area contributed by atoms with Crippen LogP contribution in [0.5, 0.6) is 0 Å². The molecule has 0 spiro atoms. The number of nitrogens with zero attached hydrogens (tertiary/aromatic N) is 1. The lowest BCUT2D eigenvalue weighted by molar-refractivity contribution is 0.0893. The molecule has 2 amide bonds. The van der Waals surface area contributed by atoms with Gasteiger partial charge in [-0.05, 0) is 78.9 Å². The van der Waals surface area contributed by atoms with Crippen LogP contribution < -0.4 is 4.90 Å². The fraction of sp³-hybridized carbons (Fsp3) is 0.176.